The Morgan fingerprint density at radius 3 is 2.67 bits per heavy atom. The summed E-state index contributed by atoms with van der Waals surface area (Å²) < 4.78 is 5.56. The predicted molar refractivity (Wildman–Crippen MR) is 83.8 cm³/mol. The number of hydrogen-bond acceptors (Lipinski definition) is 5. The first-order chi connectivity index (χ1) is 10.2. The molecule has 3 heterocycles. The van der Waals surface area contributed by atoms with Crippen molar-refractivity contribution in [3.63, 3.8) is 0 Å². The average molecular weight is 290 g/mol. The van der Waals surface area contributed by atoms with Gasteiger partial charge in [0.2, 0.25) is 5.88 Å². The van der Waals surface area contributed by atoms with Gasteiger partial charge in [-0.05, 0) is 46.6 Å². The van der Waals surface area contributed by atoms with Crippen LogP contribution in [0.3, 0.4) is 0 Å². The lowest BCUT2D eigenvalue weighted by Gasteiger charge is -2.47. The van der Waals surface area contributed by atoms with Gasteiger partial charge in [0.05, 0.1) is 12.2 Å². The molecule has 0 spiro atoms. The van der Waals surface area contributed by atoms with Crippen LogP contribution >= 0.6 is 0 Å². The van der Waals surface area contributed by atoms with Crippen molar-refractivity contribution in [3.05, 3.63) is 11.9 Å². The number of nitrogens with zero attached hydrogens (tertiary/aromatic N) is 3. The highest BCUT2D eigenvalue weighted by atomic mass is 16.5. The molecule has 5 heteroatoms. The third-order valence-corrected chi connectivity index (χ3v) is 5.00. The quantitative estimate of drug-likeness (QED) is 0.923. The molecule has 2 atom stereocenters. The lowest BCUT2D eigenvalue weighted by molar-refractivity contribution is 0.0607. The SMILES string of the molecule is CCOc1ncnc(NC2CC3CCCC(C2)N3C)c1C. The number of rotatable bonds is 4. The average Bonchev–Trinajstić information content (AvgIpc) is 2.44. The van der Waals surface area contributed by atoms with Crippen LogP contribution in [-0.4, -0.2) is 46.6 Å². The Morgan fingerprint density at radius 1 is 1.29 bits per heavy atom. The van der Waals surface area contributed by atoms with Crippen LogP contribution in [0.2, 0.25) is 0 Å². The van der Waals surface area contributed by atoms with Crippen LogP contribution in [0.1, 0.15) is 44.6 Å². The fourth-order valence-electron chi connectivity index (χ4n) is 3.79. The Balaban J connectivity index is 1.71. The zero-order valence-corrected chi connectivity index (χ0v) is 13.3. The molecule has 2 saturated heterocycles. The van der Waals surface area contributed by atoms with Crippen LogP contribution in [0.25, 0.3) is 0 Å². The largest absolute Gasteiger partial charge is 0.478 e. The summed E-state index contributed by atoms with van der Waals surface area (Å²) in [5.41, 5.74) is 1.02. The van der Waals surface area contributed by atoms with Gasteiger partial charge in [0.1, 0.15) is 12.1 Å². The van der Waals surface area contributed by atoms with E-state index in [0.29, 0.717) is 18.5 Å². The van der Waals surface area contributed by atoms with Gasteiger partial charge in [0.25, 0.3) is 0 Å². The molecule has 2 bridgehead atoms. The van der Waals surface area contributed by atoms with Crippen molar-refractivity contribution in [2.24, 2.45) is 0 Å². The van der Waals surface area contributed by atoms with E-state index in [9.17, 15) is 0 Å². The van der Waals surface area contributed by atoms with Crippen molar-refractivity contribution in [2.75, 3.05) is 19.0 Å². The van der Waals surface area contributed by atoms with Crippen molar-refractivity contribution < 1.29 is 4.74 Å². The molecule has 116 valence electrons. The normalized spacial score (nSPS) is 29.2. The topological polar surface area (TPSA) is 50.3 Å². The van der Waals surface area contributed by atoms with E-state index in [-0.39, 0.29) is 0 Å². The highest BCUT2D eigenvalue weighted by Gasteiger charge is 2.36. The van der Waals surface area contributed by atoms with E-state index in [4.69, 9.17) is 4.74 Å². The van der Waals surface area contributed by atoms with Crippen LogP contribution in [0, 0.1) is 6.92 Å². The molecule has 0 aromatic carbocycles. The fraction of sp³-hybridized carbons (Fsp3) is 0.750. The van der Waals surface area contributed by atoms with Gasteiger partial charge in [-0.15, -0.1) is 0 Å². The van der Waals surface area contributed by atoms with Crippen LogP contribution < -0.4 is 10.1 Å². The maximum Gasteiger partial charge on any atom is 0.221 e. The summed E-state index contributed by atoms with van der Waals surface area (Å²) in [7, 11) is 2.29. The van der Waals surface area contributed by atoms with Gasteiger partial charge < -0.3 is 15.0 Å². The van der Waals surface area contributed by atoms with E-state index in [1.807, 2.05) is 13.8 Å². The minimum Gasteiger partial charge on any atom is -0.478 e. The first-order valence-electron chi connectivity index (χ1n) is 8.12. The summed E-state index contributed by atoms with van der Waals surface area (Å²) in [6, 6.07) is 1.96. The molecule has 0 radical (unpaired) electrons. The second-order valence-electron chi connectivity index (χ2n) is 6.30. The number of fused-ring (bicyclic) bond motifs is 2. The van der Waals surface area contributed by atoms with Gasteiger partial charge >= 0.3 is 0 Å². The Labute approximate surface area is 127 Å². The van der Waals surface area contributed by atoms with E-state index >= 15 is 0 Å². The zero-order valence-electron chi connectivity index (χ0n) is 13.3. The van der Waals surface area contributed by atoms with Gasteiger partial charge in [0.15, 0.2) is 0 Å². The summed E-state index contributed by atoms with van der Waals surface area (Å²) in [5, 5.41) is 3.64. The maximum atomic E-state index is 5.56. The van der Waals surface area contributed by atoms with Gasteiger partial charge in [-0.1, -0.05) is 6.42 Å². The minimum absolute atomic E-state index is 0.513. The highest BCUT2D eigenvalue weighted by molar-refractivity contribution is 5.48. The van der Waals surface area contributed by atoms with Crippen molar-refractivity contribution in [1.29, 1.82) is 0 Å². The maximum absolute atomic E-state index is 5.56. The monoisotopic (exact) mass is 290 g/mol. The molecule has 3 rings (SSSR count). The summed E-state index contributed by atoms with van der Waals surface area (Å²) in [6.07, 6.45) is 8.06. The smallest absolute Gasteiger partial charge is 0.221 e. The van der Waals surface area contributed by atoms with Gasteiger partial charge in [-0.2, -0.15) is 0 Å². The Morgan fingerprint density at radius 2 is 2.00 bits per heavy atom. The number of nitrogens with one attached hydrogen (secondary N) is 1. The second-order valence-corrected chi connectivity index (χ2v) is 6.30. The number of piperidine rings is 2. The van der Waals surface area contributed by atoms with E-state index in [1.165, 1.54) is 32.1 Å². The second kappa shape index (κ2) is 6.18. The lowest BCUT2D eigenvalue weighted by Crippen LogP contribution is -2.52. The van der Waals surface area contributed by atoms with Crippen LogP contribution in [0.5, 0.6) is 5.88 Å². The number of anilines is 1. The molecule has 0 amide bonds. The van der Waals surface area contributed by atoms with Crippen LogP contribution in [-0.2, 0) is 0 Å². The molecule has 5 nitrogen and oxygen atoms in total. The highest BCUT2D eigenvalue weighted by Crippen LogP contribution is 2.34. The first kappa shape index (κ1) is 14.6. The molecular weight excluding hydrogens is 264 g/mol. The van der Waals surface area contributed by atoms with Crippen molar-refractivity contribution in [1.82, 2.24) is 14.9 Å². The third-order valence-electron chi connectivity index (χ3n) is 5.00. The molecule has 2 unspecified atom stereocenters. The van der Waals surface area contributed by atoms with E-state index in [0.717, 1.165) is 23.5 Å². The third kappa shape index (κ3) is 2.98. The van der Waals surface area contributed by atoms with E-state index < -0.39 is 0 Å². The summed E-state index contributed by atoms with van der Waals surface area (Å²) in [6.45, 7) is 4.64. The predicted octanol–water partition coefficient (Wildman–Crippen LogP) is 2.61. The van der Waals surface area contributed by atoms with Crippen LogP contribution in [0.15, 0.2) is 6.33 Å². The number of ether oxygens (including phenoxy) is 1. The van der Waals surface area contributed by atoms with E-state index in [1.54, 1.807) is 6.33 Å². The fourth-order valence-corrected chi connectivity index (χ4v) is 3.79. The molecule has 0 aliphatic carbocycles. The summed E-state index contributed by atoms with van der Waals surface area (Å²) in [5.74, 6) is 1.63. The lowest BCUT2D eigenvalue weighted by atomic mass is 9.82. The Bertz CT molecular complexity index is 479. The number of aromatic nitrogens is 2. The van der Waals surface area contributed by atoms with Gasteiger partial charge in [0, 0.05) is 18.1 Å². The molecule has 1 N–H and O–H groups in total. The van der Waals surface area contributed by atoms with Crippen molar-refractivity contribution in [3.8, 4) is 5.88 Å². The summed E-state index contributed by atoms with van der Waals surface area (Å²) in [4.78, 5) is 11.2. The number of hydrogen-bond donors (Lipinski definition) is 1. The molecule has 2 aliphatic rings. The van der Waals surface area contributed by atoms with Crippen LogP contribution in [0.4, 0.5) is 5.82 Å². The molecule has 1 aromatic rings. The Kier molecular flexibility index (Phi) is 4.29. The van der Waals surface area contributed by atoms with Gasteiger partial charge in [-0.3, -0.25) is 0 Å². The first-order valence-corrected chi connectivity index (χ1v) is 8.12. The summed E-state index contributed by atoms with van der Waals surface area (Å²) >= 11 is 0. The molecule has 2 aliphatic heterocycles. The molecule has 1 aromatic heterocycles. The molecule has 0 saturated carbocycles. The van der Waals surface area contributed by atoms with Crippen molar-refractivity contribution in [2.45, 2.75) is 64.1 Å². The molecule has 2 fully saturated rings. The van der Waals surface area contributed by atoms with Gasteiger partial charge in [-0.25, -0.2) is 9.97 Å². The molecular formula is C16H26N4O. The van der Waals surface area contributed by atoms with Crippen molar-refractivity contribution >= 4 is 5.82 Å². The van der Waals surface area contributed by atoms with E-state index in [2.05, 4.69) is 27.2 Å². The zero-order chi connectivity index (χ0) is 14.8. The molecule has 21 heavy (non-hydrogen) atoms. The Hall–Kier alpha value is -1.36. The minimum atomic E-state index is 0.513. The standard InChI is InChI=1S/C16H26N4O/c1-4-21-16-11(2)15(17-10-18-16)19-12-8-13-6-5-7-14(9-12)20(13)3/h10,12-14H,4-9H2,1-3H3,(H,17,18,19).